The SMILES string of the molecule is Cc1nc(CN(C)C(=O)CS)cs1. The molecule has 0 aliphatic carbocycles. The van der Waals surface area contributed by atoms with E-state index in [1.165, 1.54) is 0 Å². The summed E-state index contributed by atoms with van der Waals surface area (Å²) >= 11 is 5.51. The molecule has 1 heterocycles. The highest BCUT2D eigenvalue weighted by Gasteiger charge is 2.08. The predicted octanol–water partition coefficient (Wildman–Crippen LogP) is 1.34. The maximum Gasteiger partial charge on any atom is 0.232 e. The quantitative estimate of drug-likeness (QED) is 0.774. The number of aryl methyl sites for hydroxylation is 1. The van der Waals surface area contributed by atoms with Crippen LogP contribution in [0.15, 0.2) is 5.38 Å². The minimum absolute atomic E-state index is 0.0222. The third kappa shape index (κ3) is 3.00. The molecule has 0 bridgehead atoms. The van der Waals surface area contributed by atoms with Gasteiger partial charge in [-0.15, -0.1) is 11.3 Å². The zero-order valence-corrected chi connectivity index (χ0v) is 9.36. The van der Waals surface area contributed by atoms with Crippen molar-refractivity contribution in [2.45, 2.75) is 13.5 Å². The summed E-state index contributed by atoms with van der Waals surface area (Å²) in [5.41, 5.74) is 0.945. The van der Waals surface area contributed by atoms with Crippen molar-refractivity contribution in [1.29, 1.82) is 0 Å². The summed E-state index contributed by atoms with van der Waals surface area (Å²) < 4.78 is 0. The van der Waals surface area contributed by atoms with Crippen molar-refractivity contribution in [3.8, 4) is 0 Å². The molecule has 0 atom stereocenters. The van der Waals surface area contributed by atoms with E-state index in [2.05, 4.69) is 17.6 Å². The van der Waals surface area contributed by atoms with Crippen LogP contribution in [0.3, 0.4) is 0 Å². The van der Waals surface area contributed by atoms with E-state index in [0.29, 0.717) is 6.54 Å². The molecule has 3 nitrogen and oxygen atoms in total. The molecule has 0 aliphatic heterocycles. The molecule has 0 N–H and O–H groups in total. The van der Waals surface area contributed by atoms with Crippen molar-refractivity contribution < 1.29 is 4.79 Å². The second-order valence-electron chi connectivity index (χ2n) is 2.77. The van der Waals surface area contributed by atoms with E-state index in [1.54, 1.807) is 23.3 Å². The van der Waals surface area contributed by atoms with E-state index in [1.807, 2.05) is 12.3 Å². The Morgan fingerprint density at radius 3 is 2.92 bits per heavy atom. The predicted molar refractivity (Wildman–Crippen MR) is 57.2 cm³/mol. The minimum atomic E-state index is 0.0222. The lowest BCUT2D eigenvalue weighted by Crippen LogP contribution is -2.27. The Bertz CT molecular complexity index is 298. The Hall–Kier alpha value is -0.550. The van der Waals surface area contributed by atoms with E-state index in [4.69, 9.17) is 0 Å². The summed E-state index contributed by atoms with van der Waals surface area (Å²) in [7, 11) is 1.76. The number of rotatable bonds is 3. The zero-order chi connectivity index (χ0) is 9.84. The van der Waals surface area contributed by atoms with E-state index < -0.39 is 0 Å². The van der Waals surface area contributed by atoms with Gasteiger partial charge < -0.3 is 4.90 Å². The van der Waals surface area contributed by atoms with Crippen molar-refractivity contribution in [2.75, 3.05) is 12.8 Å². The molecule has 1 amide bonds. The van der Waals surface area contributed by atoms with Gasteiger partial charge in [-0.25, -0.2) is 4.98 Å². The van der Waals surface area contributed by atoms with Crippen molar-refractivity contribution >= 4 is 29.9 Å². The number of thiol groups is 1. The number of amides is 1. The lowest BCUT2D eigenvalue weighted by Gasteiger charge is -2.13. The fourth-order valence-electron chi connectivity index (χ4n) is 0.933. The topological polar surface area (TPSA) is 33.2 Å². The summed E-state index contributed by atoms with van der Waals surface area (Å²) in [6, 6.07) is 0. The van der Waals surface area contributed by atoms with E-state index in [0.717, 1.165) is 10.7 Å². The number of carbonyl (C=O) groups excluding carboxylic acids is 1. The lowest BCUT2D eigenvalue weighted by molar-refractivity contribution is -0.127. The maximum absolute atomic E-state index is 11.1. The standard InChI is InChI=1S/C8H12N2OS2/c1-6-9-7(5-13-6)3-10(2)8(11)4-12/h5,12H,3-4H2,1-2H3. The molecule has 0 fully saturated rings. The van der Waals surface area contributed by atoms with Crippen LogP contribution >= 0.6 is 24.0 Å². The van der Waals surface area contributed by atoms with Gasteiger partial charge in [0.15, 0.2) is 0 Å². The Labute approximate surface area is 87.2 Å². The molecule has 1 aromatic heterocycles. The van der Waals surface area contributed by atoms with Crippen LogP contribution in [0.5, 0.6) is 0 Å². The monoisotopic (exact) mass is 216 g/mol. The summed E-state index contributed by atoms with van der Waals surface area (Å²) in [6.45, 7) is 2.53. The largest absolute Gasteiger partial charge is 0.339 e. The number of aromatic nitrogens is 1. The molecule has 0 saturated heterocycles. The zero-order valence-electron chi connectivity index (χ0n) is 7.65. The average molecular weight is 216 g/mol. The van der Waals surface area contributed by atoms with Gasteiger partial charge in [0, 0.05) is 12.4 Å². The van der Waals surface area contributed by atoms with Gasteiger partial charge in [0.25, 0.3) is 0 Å². The molecule has 1 rings (SSSR count). The minimum Gasteiger partial charge on any atom is -0.339 e. The smallest absolute Gasteiger partial charge is 0.232 e. The highest BCUT2D eigenvalue weighted by molar-refractivity contribution is 7.81. The fourth-order valence-corrected chi connectivity index (χ4v) is 1.78. The van der Waals surface area contributed by atoms with Crippen LogP contribution in [0.2, 0.25) is 0 Å². The maximum atomic E-state index is 11.1. The Balaban J connectivity index is 2.54. The number of hydrogen-bond acceptors (Lipinski definition) is 4. The van der Waals surface area contributed by atoms with Crippen molar-refractivity contribution in [1.82, 2.24) is 9.88 Å². The van der Waals surface area contributed by atoms with E-state index >= 15 is 0 Å². The summed E-state index contributed by atoms with van der Waals surface area (Å²) in [5, 5.41) is 3.00. The van der Waals surface area contributed by atoms with Crippen LogP contribution in [0.4, 0.5) is 0 Å². The molecule has 72 valence electrons. The number of carbonyl (C=O) groups is 1. The molecule has 13 heavy (non-hydrogen) atoms. The summed E-state index contributed by atoms with van der Waals surface area (Å²) in [5.74, 6) is 0.272. The molecule has 0 radical (unpaired) electrons. The second-order valence-corrected chi connectivity index (χ2v) is 4.14. The molecule has 0 spiro atoms. The van der Waals surface area contributed by atoms with Crippen molar-refractivity contribution in [2.24, 2.45) is 0 Å². The first-order valence-corrected chi connectivity index (χ1v) is 5.40. The fraction of sp³-hybridized carbons (Fsp3) is 0.500. The highest BCUT2D eigenvalue weighted by atomic mass is 32.1. The molecule has 1 aromatic rings. The summed E-state index contributed by atoms with van der Waals surface area (Å²) in [4.78, 5) is 17.0. The van der Waals surface area contributed by atoms with Crippen LogP contribution in [-0.4, -0.2) is 28.6 Å². The highest BCUT2D eigenvalue weighted by Crippen LogP contribution is 2.09. The van der Waals surface area contributed by atoms with Crippen LogP contribution in [0.25, 0.3) is 0 Å². The van der Waals surface area contributed by atoms with Crippen LogP contribution < -0.4 is 0 Å². The normalized spacial score (nSPS) is 10.1. The summed E-state index contributed by atoms with van der Waals surface area (Å²) in [6.07, 6.45) is 0. The van der Waals surface area contributed by atoms with Gasteiger partial charge in [-0.1, -0.05) is 0 Å². The van der Waals surface area contributed by atoms with Gasteiger partial charge >= 0.3 is 0 Å². The molecule has 0 aromatic carbocycles. The number of hydrogen-bond donors (Lipinski definition) is 1. The molecular formula is C8H12N2OS2. The van der Waals surface area contributed by atoms with Gasteiger partial charge in [0.2, 0.25) is 5.91 Å². The third-order valence-electron chi connectivity index (χ3n) is 1.63. The first kappa shape index (κ1) is 10.5. The van der Waals surface area contributed by atoms with E-state index in [9.17, 15) is 4.79 Å². The molecule has 5 heteroatoms. The molecule has 0 unspecified atom stereocenters. The van der Waals surface area contributed by atoms with Crippen molar-refractivity contribution in [3.05, 3.63) is 16.1 Å². The van der Waals surface area contributed by atoms with Gasteiger partial charge in [-0.05, 0) is 6.92 Å². The van der Waals surface area contributed by atoms with Gasteiger partial charge in [0.1, 0.15) is 0 Å². The van der Waals surface area contributed by atoms with Gasteiger partial charge in [-0.3, -0.25) is 4.79 Å². The first-order valence-electron chi connectivity index (χ1n) is 3.89. The number of thiazole rings is 1. The van der Waals surface area contributed by atoms with Gasteiger partial charge in [-0.2, -0.15) is 12.6 Å². The molecule has 0 saturated carbocycles. The Kier molecular flexibility index (Phi) is 3.74. The second kappa shape index (κ2) is 4.62. The first-order chi connectivity index (χ1) is 6.13. The number of nitrogens with zero attached hydrogens (tertiary/aromatic N) is 2. The van der Waals surface area contributed by atoms with Crippen LogP contribution in [0, 0.1) is 6.92 Å². The molecular weight excluding hydrogens is 204 g/mol. The van der Waals surface area contributed by atoms with Crippen LogP contribution in [0.1, 0.15) is 10.7 Å². The molecule has 0 aliphatic rings. The van der Waals surface area contributed by atoms with E-state index in [-0.39, 0.29) is 11.7 Å². The third-order valence-corrected chi connectivity index (χ3v) is 2.72. The van der Waals surface area contributed by atoms with Crippen molar-refractivity contribution in [3.63, 3.8) is 0 Å². The van der Waals surface area contributed by atoms with Gasteiger partial charge in [0.05, 0.1) is 23.0 Å². The average Bonchev–Trinajstić information content (AvgIpc) is 2.49. The Morgan fingerprint density at radius 2 is 2.46 bits per heavy atom. The van der Waals surface area contributed by atoms with Crippen LogP contribution in [-0.2, 0) is 11.3 Å². The Morgan fingerprint density at radius 1 is 1.77 bits per heavy atom. The lowest BCUT2D eigenvalue weighted by atomic mass is 10.4.